The van der Waals surface area contributed by atoms with Gasteiger partial charge >= 0.3 is 5.88 Å². The van der Waals surface area contributed by atoms with Crippen LogP contribution in [0.5, 0.6) is 0 Å². The van der Waals surface area contributed by atoms with E-state index in [1.165, 1.54) is 37.1 Å². The Morgan fingerprint density at radius 3 is 1.79 bits per heavy atom. The first-order valence-corrected chi connectivity index (χ1v) is 13.7. The molecule has 5 aromatic rings. The number of hydrogen-bond acceptors (Lipinski definition) is 8. The third-order valence-electron chi connectivity index (χ3n) is 4.87. The smallest absolute Gasteiger partial charge is 0.316 e. The van der Waals surface area contributed by atoms with Crippen LogP contribution in [0, 0.1) is 13.5 Å². The molecule has 0 saturated heterocycles. The van der Waals surface area contributed by atoms with Gasteiger partial charge in [0.15, 0.2) is 24.3 Å². The van der Waals surface area contributed by atoms with E-state index < -0.39 is 26.8 Å². The summed E-state index contributed by atoms with van der Waals surface area (Å²) >= 11 is -2.18. The number of nitrogens with zero attached hydrogens (tertiary/aromatic N) is 3. The Kier molecular flexibility index (Phi) is 12.3. The van der Waals surface area contributed by atoms with Crippen LogP contribution in [0.25, 0.3) is 27.5 Å². The van der Waals surface area contributed by atoms with Crippen LogP contribution in [-0.4, -0.2) is 33.0 Å². The minimum atomic E-state index is -3.38. The summed E-state index contributed by atoms with van der Waals surface area (Å²) in [4.78, 5) is 10.9. The van der Waals surface area contributed by atoms with Crippen LogP contribution in [0.15, 0.2) is 123 Å². The van der Waals surface area contributed by atoms with Crippen molar-refractivity contribution in [2.75, 3.05) is 5.88 Å². The molecule has 9 nitrogen and oxygen atoms in total. The van der Waals surface area contributed by atoms with Crippen molar-refractivity contribution in [3.63, 3.8) is 0 Å². The normalized spacial score (nSPS) is 10.9. The maximum Gasteiger partial charge on any atom is 0.316 e. The van der Waals surface area contributed by atoms with Crippen molar-refractivity contribution in [2.24, 2.45) is 0 Å². The van der Waals surface area contributed by atoms with Crippen LogP contribution < -0.4 is 0 Å². The number of halogens is 1. The van der Waals surface area contributed by atoms with Gasteiger partial charge in [-0.1, -0.05) is 60.2 Å². The Labute approximate surface area is 235 Å². The molecule has 2 heterocycles. The number of oxazole rings is 2. The van der Waals surface area contributed by atoms with Gasteiger partial charge in [-0.25, -0.2) is 25.0 Å². The molecule has 0 fully saturated rings. The maximum absolute atomic E-state index is 11.3. The van der Waals surface area contributed by atoms with Gasteiger partial charge in [-0.3, -0.25) is 9.05 Å². The van der Waals surface area contributed by atoms with Gasteiger partial charge in [0.2, 0.25) is 0 Å². The Bertz CT molecular complexity index is 1570. The predicted molar refractivity (Wildman–Crippen MR) is 148 cm³/mol. The molecule has 0 saturated carbocycles. The molecule has 3 aromatic carbocycles. The van der Waals surface area contributed by atoms with Crippen molar-refractivity contribution in [3.8, 4) is 22.6 Å². The summed E-state index contributed by atoms with van der Waals surface area (Å²) in [7, 11) is -3.38. The molecule has 0 bridgehead atoms. The molecule has 0 aliphatic heterocycles. The Morgan fingerprint density at radius 2 is 1.36 bits per heavy atom. The summed E-state index contributed by atoms with van der Waals surface area (Å²) in [5, 5.41) is 0. The number of hydrogen-bond donors (Lipinski definition) is 0. The lowest BCUT2D eigenvalue weighted by Gasteiger charge is -2.04. The lowest BCUT2D eigenvalue weighted by atomic mass is 10.2. The summed E-state index contributed by atoms with van der Waals surface area (Å²) in [5.74, 6) is 0.953. The van der Waals surface area contributed by atoms with E-state index in [2.05, 4.69) is 14.8 Å². The molecule has 1 atom stereocenters. The highest BCUT2D eigenvalue weighted by Gasteiger charge is 2.16. The average Bonchev–Trinajstić information content (AvgIpc) is 3.66. The largest absolute Gasteiger partial charge is 0.768 e. The molecule has 0 radical (unpaired) electrons. The highest BCUT2D eigenvalue weighted by Crippen LogP contribution is 2.19. The van der Waals surface area contributed by atoms with Crippen molar-refractivity contribution in [3.05, 3.63) is 121 Å². The van der Waals surface area contributed by atoms with Crippen molar-refractivity contribution >= 4 is 33.3 Å². The van der Waals surface area contributed by atoms with E-state index in [0.717, 1.165) is 22.5 Å². The molecule has 5 rings (SSSR count). The minimum Gasteiger partial charge on any atom is -0.768 e. The fourth-order valence-electron chi connectivity index (χ4n) is 2.95. The van der Waals surface area contributed by atoms with Crippen molar-refractivity contribution in [1.29, 1.82) is 0 Å². The molecule has 12 heteroatoms. The van der Waals surface area contributed by atoms with Crippen LogP contribution in [-0.2, 0) is 20.9 Å². The second-order valence-electron chi connectivity index (χ2n) is 7.57. The third kappa shape index (κ3) is 9.63. The molecular weight excluding hydrogens is 562 g/mol. The first-order chi connectivity index (χ1) is 18.3. The van der Waals surface area contributed by atoms with Gasteiger partial charge in [-0.2, -0.15) is 0 Å². The fraction of sp³-hybridized carbons (Fsp3) is 0.0741. The quantitative estimate of drug-likeness (QED) is 0.182. The molecule has 0 aliphatic rings. The Balaban J connectivity index is 0.000000204. The van der Waals surface area contributed by atoms with E-state index in [0.29, 0.717) is 5.76 Å². The zero-order valence-corrected chi connectivity index (χ0v) is 23.0. The summed E-state index contributed by atoms with van der Waals surface area (Å²) in [6.45, 7) is 8.38. The topological polar surface area (TPSA) is 131 Å². The Hall–Kier alpha value is -4.08. The monoisotopic (exact) mass is 584 g/mol. The van der Waals surface area contributed by atoms with Gasteiger partial charge in [-0.05, 0) is 42.3 Å². The zero-order chi connectivity index (χ0) is 27.4. The summed E-state index contributed by atoms with van der Waals surface area (Å²) in [6, 6.07) is 22.7. The van der Waals surface area contributed by atoms with Crippen LogP contribution in [0.1, 0.15) is 5.56 Å². The van der Waals surface area contributed by atoms with Crippen molar-refractivity contribution < 1.29 is 26.0 Å². The second-order valence-corrected chi connectivity index (χ2v) is 10.5. The number of aromatic nitrogens is 2. The zero-order valence-electron chi connectivity index (χ0n) is 20.5. The number of aryl methyl sites for hydroxylation is 1. The van der Waals surface area contributed by atoms with Gasteiger partial charge in [0.25, 0.3) is 9.84 Å². The van der Waals surface area contributed by atoms with Crippen LogP contribution in [0.3, 0.4) is 0 Å². The van der Waals surface area contributed by atoms with E-state index in [-0.39, 0.29) is 22.2 Å². The maximum atomic E-state index is 11.3. The van der Waals surface area contributed by atoms with E-state index in [4.69, 9.17) is 15.4 Å². The summed E-state index contributed by atoms with van der Waals surface area (Å²) in [5.41, 5.74) is 2.86. The SMILES string of the molecule is Cl.O=S([O-])c1ccc(-c2cnco2)cc1.[C-]#[N+]CS(=O)(=O)c1ccc(C)cc1.c1ccc(-c2cnco2)cc1. The predicted octanol–water partition coefficient (Wildman–Crippen LogP) is 5.99. The first-order valence-electron chi connectivity index (χ1n) is 10.9. The number of sulfone groups is 1. The van der Waals surface area contributed by atoms with Gasteiger partial charge in [0, 0.05) is 16.0 Å². The van der Waals surface area contributed by atoms with Gasteiger partial charge in [-0.15, -0.1) is 12.4 Å². The molecule has 0 amide bonds. The van der Waals surface area contributed by atoms with Crippen molar-refractivity contribution in [2.45, 2.75) is 16.7 Å². The molecular formula is C27H23ClN3O6S2-. The fourth-order valence-corrected chi connectivity index (χ4v) is 4.18. The van der Waals surface area contributed by atoms with Crippen LogP contribution >= 0.6 is 12.4 Å². The van der Waals surface area contributed by atoms with Gasteiger partial charge < -0.3 is 13.4 Å². The van der Waals surface area contributed by atoms with Gasteiger partial charge in [0.05, 0.1) is 17.3 Å². The highest BCUT2D eigenvalue weighted by atomic mass is 35.5. The molecule has 0 N–H and O–H groups in total. The lowest BCUT2D eigenvalue weighted by molar-refractivity contribution is 0.537. The van der Waals surface area contributed by atoms with E-state index >= 15 is 0 Å². The number of benzene rings is 3. The van der Waals surface area contributed by atoms with Gasteiger partial charge in [0.1, 0.15) is 0 Å². The van der Waals surface area contributed by atoms with E-state index in [1.54, 1.807) is 36.7 Å². The molecule has 0 spiro atoms. The van der Waals surface area contributed by atoms with Crippen LogP contribution in [0.2, 0.25) is 0 Å². The first kappa shape index (κ1) is 31.1. The molecule has 0 aliphatic carbocycles. The minimum absolute atomic E-state index is 0. The van der Waals surface area contributed by atoms with E-state index in [1.807, 2.05) is 37.3 Å². The summed E-state index contributed by atoms with van der Waals surface area (Å²) in [6.07, 6.45) is 6.04. The van der Waals surface area contributed by atoms with E-state index in [9.17, 15) is 17.2 Å². The molecule has 2 aromatic heterocycles. The van der Waals surface area contributed by atoms with Crippen LogP contribution in [0.4, 0.5) is 0 Å². The van der Waals surface area contributed by atoms with Crippen molar-refractivity contribution in [1.82, 2.24) is 9.97 Å². The lowest BCUT2D eigenvalue weighted by Crippen LogP contribution is -2.02. The number of rotatable bonds is 5. The molecule has 1 unspecified atom stereocenters. The average molecular weight is 585 g/mol. The third-order valence-corrected chi connectivity index (χ3v) is 6.99. The highest BCUT2D eigenvalue weighted by molar-refractivity contribution is 7.91. The second kappa shape index (κ2) is 15.4. The Morgan fingerprint density at radius 1 is 0.846 bits per heavy atom. The summed E-state index contributed by atoms with van der Waals surface area (Å²) < 4.78 is 53.9. The molecule has 202 valence electrons. The molecule has 39 heavy (non-hydrogen) atoms. The standard InChI is InChI=1S/C9H7NO3S.C9H9NO2S.C9H7NO.ClH/c11-14(12)8-3-1-7(2-4-8)9-5-10-6-13-9;1-8-3-5-9(6-4-8)13(11,12)7-10-2;1-2-4-8(5-3-1)9-6-10-7-11-9;/h1-6H,(H,11,12);3-6H,7H2,1H3;1-7H;1H/p-1.